The van der Waals surface area contributed by atoms with Crippen LogP contribution in [0.25, 0.3) is 0 Å². The second-order valence-electron chi connectivity index (χ2n) is 7.81. The zero-order valence-corrected chi connectivity index (χ0v) is 17.0. The summed E-state index contributed by atoms with van der Waals surface area (Å²) in [4.78, 5) is 0. The Hall–Kier alpha value is -0.0400. The Labute approximate surface area is 148 Å². The smallest absolute Gasteiger partial charge is 0.0182 e. The molecule has 0 aromatic heterocycles. The van der Waals surface area contributed by atoms with Crippen LogP contribution in [-0.2, 0) is 0 Å². The monoisotopic (exact) mass is 325 g/mol. The Bertz CT molecular complexity index is 224. The lowest BCUT2D eigenvalue weighted by atomic mass is 9.73. The van der Waals surface area contributed by atoms with Gasteiger partial charge in [0.2, 0.25) is 0 Å². The Morgan fingerprint density at radius 3 is 1.43 bits per heavy atom. The third-order valence-corrected chi connectivity index (χ3v) is 5.70. The maximum Gasteiger partial charge on any atom is 0.0182 e. The van der Waals surface area contributed by atoms with Gasteiger partial charge in [-0.3, -0.25) is 0 Å². The summed E-state index contributed by atoms with van der Waals surface area (Å²) in [5.41, 5.74) is 7.15. The third-order valence-electron chi connectivity index (χ3n) is 5.70. The van der Waals surface area contributed by atoms with E-state index in [1.54, 1.807) is 0 Å². The average molecular weight is 326 g/mol. The molecule has 0 bridgehead atoms. The van der Waals surface area contributed by atoms with Gasteiger partial charge in [-0.15, -0.1) is 0 Å². The molecule has 0 radical (unpaired) electrons. The number of unbranched alkanes of at least 4 members (excludes halogenated alkanes) is 9. The molecular weight excluding hydrogens is 278 g/mol. The standard InChI is InChI=1S/C22H47N/c1-5-9-12-15-18-21(8-4)22(23,19-16-13-10-6-2)20-17-14-11-7-3/h21H,5-20,23H2,1-4H3. The minimum atomic E-state index is 0.114. The second-order valence-corrected chi connectivity index (χ2v) is 7.81. The maximum atomic E-state index is 7.03. The molecule has 0 aliphatic carbocycles. The zero-order valence-electron chi connectivity index (χ0n) is 17.0. The van der Waals surface area contributed by atoms with E-state index in [4.69, 9.17) is 5.73 Å². The first kappa shape index (κ1) is 23.0. The van der Waals surface area contributed by atoms with Crippen LogP contribution in [0.15, 0.2) is 0 Å². The van der Waals surface area contributed by atoms with E-state index in [9.17, 15) is 0 Å². The second kappa shape index (κ2) is 15.5. The number of hydrogen-bond acceptors (Lipinski definition) is 1. The number of nitrogens with two attached hydrogens (primary N) is 1. The van der Waals surface area contributed by atoms with Crippen molar-refractivity contribution in [2.24, 2.45) is 11.7 Å². The van der Waals surface area contributed by atoms with Crippen molar-refractivity contribution in [2.45, 2.75) is 136 Å². The molecule has 23 heavy (non-hydrogen) atoms. The number of rotatable bonds is 17. The molecule has 0 heterocycles. The van der Waals surface area contributed by atoms with Crippen LogP contribution in [0.2, 0.25) is 0 Å². The fourth-order valence-electron chi connectivity index (χ4n) is 4.01. The van der Waals surface area contributed by atoms with E-state index in [0.29, 0.717) is 0 Å². The van der Waals surface area contributed by atoms with Gasteiger partial charge in [0.25, 0.3) is 0 Å². The lowest BCUT2D eigenvalue weighted by Crippen LogP contribution is -2.47. The lowest BCUT2D eigenvalue weighted by molar-refractivity contribution is 0.199. The Balaban J connectivity index is 4.48. The van der Waals surface area contributed by atoms with E-state index in [0.717, 1.165) is 5.92 Å². The Morgan fingerprint density at radius 2 is 1.04 bits per heavy atom. The average Bonchev–Trinajstić information content (AvgIpc) is 2.56. The highest BCUT2D eigenvalue weighted by Crippen LogP contribution is 2.33. The molecule has 140 valence electrons. The van der Waals surface area contributed by atoms with Gasteiger partial charge in [0.05, 0.1) is 0 Å². The minimum absolute atomic E-state index is 0.114. The van der Waals surface area contributed by atoms with Gasteiger partial charge in [-0.1, -0.05) is 111 Å². The fourth-order valence-corrected chi connectivity index (χ4v) is 4.01. The Morgan fingerprint density at radius 1 is 0.609 bits per heavy atom. The summed E-state index contributed by atoms with van der Waals surface area (Å²) < 4.78 is 0. The van der Waals surface area contributed by atoms with E-state index in [2.05, 4.69) is 27.7 Å². The van der Waals surface area contributed by atoms with Crippen LogP contribution < -0.4 is 5.73 Å². The SMILES string of the molecule is CCCCCCC(CC)C(N)(CCCCCC)CCCCCC. The first-order chi connectivity index (χ1) is 11.1. The van der Waals surface area contributed by atoms with Gasteiger partial charge in [-0.05, 0) is 25.2 Å². The molecule has 0 amide bonds. The van der Waals surface area contributed by atoms with Gasteiger partial charge >= 0.3 is 0 Å². The van der Waals surface area contributed by atoms with E-state index < -0.39 is 0 Å². The van der Waals surface area contributed by atoms with Crippen LogP contribution in [0, 0.1) is 5.92 Å². The quantitative estimate of drug-likeness (QED) is 0.273. The third kappa shape index (κ3) is 11.2. The highest BCUT2D eigenvalue weighted by atomic mass is 14.8. The van der Waals surface area contributed by atoms with Crippen LogP contribution >= 0.6 is 0 Å². The maximum absolute atomic E-state index is 7.03. The topological polar surface area (TPSA) is 26.0 Å². The van der Waals surface area contributed by atoms with Crippen LogP contribution in [0.1, 0.15) is 130 Å². The van der Waals surface area contributed by atoms with Crippen molar-refractivity contribution >= 4 is 0 Å². The normalized spacial score (nSPS) is 13.4. The molecular formula is C22H47N. The molecule has 1 heteroatoms. The zero-order chi connectivity index (χ0) is 17.4. The minimum Gasteiger partial charge on any atom is -0.325 e. The number of hydrogen-bond donors (Lipinski definition) is 1. The van der Waals surface area contributed by atoms with Crippen molar-refractivity contribution < 1.29 is 0 Å². The summed E-state index contributed by atoms with van der Waals surface area (Å²) in [6.07, 6.45) is 21.4. The van der Waals surface area contributed by atoms with Crippen molar-refractivity contribution in [3.8, 4) is 0 Å². The highest BCUT2D eigenvalue weighted by molar-refractivity contribution is 4.90. The summed E-state index contributed by atoms with van der Waals surface area (Å²) in [7, 11) is 0. The molecule has 1 unspecified atom stereocenters. The molecule has 0 saturated heterocycles. The van der Waals surface area contributed by atoms with Gasteiger partial charge in [-0.2, -0.15) is 0 Å². The largest absolute Gasteiger partial charge is 0.325 e. The first-order valence-electron chi connectivity index (χ1n) is 10.9. The molecule has 0 aromatic rings. The van der Waals surface area contributed by atoms with E-state index >= 15 is 0 Å². The van der Waals surface area contributed by atoms with Crippen molar-refractivity contribution in [1.82, 2.24) is 0 Å². The molecule has 0 aliphatic rings. The fraction of sp³-hybridized carbons (Fsp3) is 1.00. The molecule has 1 nitrogen and oxygen atoms in total. The van der Waals surface area contributed by atoms with Crippen LogP contribution in [0.3, 0.4) is 0 Å². The molecule has 0 aromatic carbocycles. The van der Waals surface area contributed by atoms with Crippen molar-refractivity contribution in [1.29, 1.82) is 0 Å². The molecule has 0 spiro atoms. The van der Waals surface area contributed by atoms with Gasteiger partial charge < -0.3 is 5.73 Å². The van der Waals surface area contributed by atoms with Gasteiger partial charge in [-0.25, -0.2) is 0 Å². The molecule has 2 N–H and O–H groups in total. The van der Waals surface area contributed by atoms with Crippen molar-refractivity contribution in [3.05, 3.63) is 0 Å². The molecule has 0 rings (SSSR count). The van der Waals surface area contributed by atoms with E-state index in [1.807, 2.05) is 0 Å². The van der Waals surface area contributed by atoms with Crippen LogP contribution in [0.4, 0.5) is 0 Å². The Kier molecular flexibility index (Phi) is 15.5. The van der Waals surface area contributed by atoms with Crippen molar-refractivity contribution in [3.63, 3.8) is 0 Å². The van der Waals surface area contributed by atoms with Crippen LogP contribution in [-0.4, -0.2) is 5.54 Å². The first-order valence-corrected chi connectivity index (χ1v) is 10.9. The molecule has 0 saturated carbocycles. The van der Waals surface area contributed by atoms with Gasteiger partial charge in [0.1, 0.15) is 0 Å². The summed E-state index contributed by atoms with van der Waals surface area (Å²) in [5.74, 6) is 0.739. The summed E-state index contributed by atoms with van der Waals surface area (Å²) >= 11 is 0. The summed E-state index contributed by atoms with van der Waals surface area (Å²) in [6.45, 7) is 9.25. The summed E-state index contributed by atoms with van der Waals surface area (Å²) in [6, 6.07) is 0. The predicted octanol–water partition coefficient (Wildman–Crippen LogP) is 7.62. The predicted molar refractivity (Wildman–Crippen MR) is 107 cm³/mol. The summed E-state index contributed by atoms with van der Waals surface area (Å²) in [5, 5.41) is 0. The van der Waals surface area contributed by atoms with E-state index in [-0.39, 0.29) is 5.54 Å². The van der Waals surface area contributed by atoms with E-state index in [1.165, 1.54) is 103 Å². The molecule has 0 fully saturated rings. The molecule has 1 atom stereocenters. The lowest BCUT2D eigenvalue weighted by Gasteiger charge is -2.38. The molecule has 0 aliphatic heterocycles. The van der Waals surface area contributed by atoms with Gasteiger partial charge in [0.15, 0.2) is 0 Å². The van der Waals surface area contributed by atoms with Crippen LogP contribution in [0.5, 0.6) is 0 Å². The van der Waals surface area contributed by atoms with Crippen molar-refractivity contribution in [2.75, 3.05) is 0 Å². The highest BCUT2D eigenvalue weighted by Gasteiger charge is 2.32. The van der Waals surface area contributed by atoms with Gasteiger partial charge in [0, 0.05) is 5.54 Å².